The predicted octanol–water partition coefficient (Wildman–Crippen LogP) is 0.930. The van der Waals surface area contributed by atoms with Crippen LogP contribution in [0, 0.1) is 6.92 Å². The van der Waals surface area contributed by atoms with Crippen molar-refractivity contribution in [3.8, 4) is 5.75 Å². The Morgan fingerprint density at radius 1 is 1.53 bits per heavy atom. The number of hydroxylamine groups is 1. The van der Waals surface area contributed by atoms with Crippen LogP contribution in [0.5, 0.6) is 5.75 Å². The van der Waals surface area contributed by atoms with Gasteiger partial charge in [-0.05, 0) is 30.2 Å². The van der Waals surface area contributed by atoms with E-state index in [-0.39, 0.29) is 12.2 Å². The Labute approximate surface area is 110 Å². The van der Waals surface area contributed by atoms with Gasteiger partial charge < -0.3 is 15.1 Å². The fourth-order valence-corrected chi connectivity index (χ4v) is 1.48. The molecule has 1 rings (SSSR count). The molecule has 1 aromatic rings. The summed E-state index contributed by atoms with van der Waals surface area (Å²) in [5.41, 5.74) is 3.66. The lowest BCUT2D eigenvalue weighted by Crippen LogP contribution is -2.39. The van der Waals surface area contributed by atoms with Crippen molar-refractivity contribution in [3.05, 3.63) is 42.0 Å². The standard InChI is InChI=1S/C13H15NO5/c1-3-12(16)19-14-11(13(17)18)7-9-4-5-10(15)6-8(9)2/h3-6,11,14-15H,1,7H2,2H3,(H,17,18)/t11-/m0/s1. The number of carboxylic acid groups (broad SMARTS) is 1. The van der Waals surface area contributed by atoms with Gasteiger partial charge >= 0.3 is 11.9 Å². The number of nitrogens with one attached hydrogen (secondary N) is 1. The number of carbonyl (C=O) groups is 2. The lowest BCUT2D eigenvalue weighted by Gasteiger charge is -2.14. The van der Waals surface area contributed by atoms with Crippen LogP contribution in [0.3, 0.4) is 0 Å². The summed E-state index contributed by atoms with van der Waals surface area (Å²) in [5, 5.41) is 18.3. The highest BCUT2D eigenvalue weighted by molar-refractivity contribution is 5.81. The first-order valence-electron chi connectivity index (χ1n) is 5.54. The molecule has 0 spiro atoms. The Morgan fingerprint density at radius 2 is 2.21 bits per heavy atom. The second kappa shape index (κ2) is 6.55. The number of phenols is 1. The minimum atomic E-state index is -1.15. The van der Waals surface area contributed by atoms with Crippen LogP contribution in [0.2, 0.25) is 0 Å². The average molecular weight is 265 g/mol. The van der Waals surface area contributed by atoms with E-state index in [1.54, 1.807) is 13.0 Å². The summed E-state index contributed by atoms with van der Waals surface area (Å²) < 4.78 is 0. The van der Waals surface area contributed by atoms with Crippen molar-refractivity contribution in [2.24, 2.45) is 0 Å². The van der Waals surface area contributed by atoms with Crippen LogP contribution < -0.4 is 5.48 Å². The van der Waals surface area contributed by atoms with E-state index in [9.17, 15) is 14.7 Å². The molecular formula is C13H15NO5. The van der Waals surface area contributed by atoms with E-state index in [4.69, 9.17) is 5.11 Å². The van der Waals surface area contributed by atoms with Crippen molar-refractivity contribution in [1.82, 2.24) is 5.48 Å². The van der Waals surface area contributed by atoms with E-state index in [0.717, 1.165) is 17.2 Å². The summed E-state index contributed by atoms with van der Waals surface area (Å²) in [7, 11) is 0. The molecule has 6 heteroatoms. The van der Waals surface area contributed by atoms with Crippen molar-refractivity contribution >= 4 is 11.9 Å². The van der Waals surface area contributed by atoms with Gasteiger partial charge in [-0.1, -0.05) is 12.6 Å². The molecule has 1 aromatic carbocycles. The number of carbonyl (C=O) groups excluding carboxylic acids is 1. The van der Waals surface area contributed by atoms with Crippen molar-refractivity contribution in [2.45, 2.75) is 19.4 Å². The van der Waals surface area contributed by atoms with Crippen molar-refractivity contribution in [2.75, 3.05) is 0 Å². The Hall–Kier alpha value is -2.34. The van der Waals surface area contributed by atoms with E-state index >= 15 is 0 Å². The minimum absolute atomic E-state index is 0.110. The largest absolute Gasteiger partial charge is 0.508 e. The molecule has 0 unspecified atom stereocenters. The first kappa shape index (κ1) is 14.7. The fourth-order valence-electron chi connectivity index (χ4n) is 1.48. The lowest BCUT2D eigenvalue weighted by atomic mass is 10.0. The fraction of sp³-hybridized carbons (Fsp3) is 0.231. The number of phenolic OH excluding ortho intramolecular Hbond substituents is 1. The van der Waals surface area contributed by atoms with Crippen molar-refractivity contribution in [3.63, 3.8) is 0 Å². The highest BCUT2D eigenvalue weighted by atomic mass is 16.7. The zero-order chi connectivity index (χ0) is 14.4. The second-order valence-electron chi connectivity index (χ2n) is 3.95. The third-order valence-corrected chi connectivity index (χ3v) is 2.52. The van der Waals surface area contributed by atoms with Gasteiger partial charge in [0.2, 0.25) is 0 Å². The third-order valence-electron chi connectivity index (χ3n) is 2.52. The molecule has 0 aliphatic carbocycles. The molecule has 19 heavy (non-hydrogen) atoms. The molecule has 6 nitrogen and oxygen atoms in total. The van der Waals surface area contributed by atoms with Gasteiger partial charge in [0.25, 0.3) is 0 Å². The van der Waals surface area contributed by atoms with E-state index in [1.165, 1.54) is 12.1 Å². The summed E-state index contributed by atoms with van der Waals surface area (Å²) in [6, 6.07) is 3.55. The van der Waals surface area contributed by atoms with Gasteiger partial charge in [0.05, 0.1) is 0 Å². The van der Waals surface area contributed by atoms with Gasteiger partial charge in [-0.25, -0.2) is 4.79 Å². The van der Waals surface area contributed by atoms with Crippen LogP contribution in [-0.4, -0.2) is 28.2 Å². The number of aromatic hydroxyl groups is 1. The molecule has 0 saturated carbocycles. The number of aryl methyl sites for hydroxylation is 1. The average Bonchev–Trinajstić information content (AvgIpc) is 2.35. The van der Waals surface area contributed by atoms with Gasteiger partial charge in [-0.3, -0.25) is 4.79 Å². The van der Waals surface area contributed by atoms with Gasteiger partial charge in [0.1, 0.15) is 11.8 Å². The smallest absolute Gasteiger partial charge is 0.348 e. The van der Waals surface area contributed by atoms with E-state index in [2.05, 4.69) is 16.9 Å². The van der Waals surface area contributed by atoms with Gasteiger partial charge in [-0.15, -0.1) is 5.48 Å². The molecule has 0 bridgehead atoms. The highest BCUT2D eigenvalue weighted by Crippen LogP contribution is 2.17. The highest BCUT2D eigenvalue weighted by Gasteiger charge is 2.20. The lowest BCUT2D eigenvalue weighted by molar-refractivity contribution is -0.153. The first-order valence-corrected chi connectivity index (χ1v) is 5.54. The van der Waals surface area contributed by atoms with E-state index in [1.807, 2.05) is 0 Å². The SMILES string of the molecule is C=CC(=O)ON[C@@H](Cc1ccc(O)cc1C)C(=O)O. The van der Waals surface area contributed by atoms with Crippen LogP contribution in [-0.2, 0) is 20.8 Å². The topological polar surface area (TPSA) is 95.9 Å². The Bertz CT molecular complexity index is 498. The normalized spacial score (nSPS) is 11.6. The van der Waals surface area contributed by atoms with E-state index in [0.29, 0.717) is 0 Å². The monoisotopic (exact) mass is 265 g/mol. The molecule has 3 N–H and O–H groups in total. The van der Waals surface area contributed by atoms with Gasteiger partial charge in [-0.2, -0.15) is 0 Å². The number of carboxylic acids is 1. The van der Waals surface area contributed by atoms with Crippen molar-refractivity contribution < 1.29 is 24.6 Å². The maximum absolute atomic E-state index is 11.1. The Balaban J connectivity index is 2.75. The molecule has 102 valence electrons. The summed E-state index contributed by atoms with van der Waals surface area (Å²) in [6.45, 7) is 4.96. The van der Waals surface area contributed by atoms with Crippen LogP contribution in [0.4, 0.5) is 0 Å². The molecule has 0 saturated heterocycles. The van der Waals surface area contributed by atoms with Crippen LogP contribution in [0.25, 0.3) is 0 Å². The molecule has 0 amide bonds. The van der Waals surface area contributed by atoms with Gasteiger partial charge in [0.15, 0.2) is 0 Å². The summed E-state index contributed by atoms with van der Waals surface area (Å²) in [4.78, 5) is 26.4. The molecule has 0 radical (unpaired) electrons. The summed E-state index contributed by atoms with van der Waals surface area (Å²) in [5.74, 6) is -1.79. The quantitative estimate of drug-likeness (QED) is 0.523. The Morgan fingerprint density at radius 3 is 2.74 bits per heavy atom. The summed E-state index contributed by atoms with van der Waals surface area (Å²) >= 11 is 0. The first-order chi connectivity index (χ1) is 8.93. The maximum atomic E-state index is 11.1. The van der Waals surface area contributed by atoms with Crippen LogP contribution in [0.1, 0.15) is 11.1 Å². The van der Waals surface area contributed by atoms with E-state index < -0.39 is 18.0 Å². The van der Waals surface area contributed by atoms with Crippen molar-refractivity contribution in [1.29, 1.82) is 0 Å². The number of aliphatic carboxylic acids is 1. The maximum Gasteiger partial charge on any atom is 0.348 e. The summed E-state index contributed by atoms with van der Waals surface area (Å²) in [6.07, 6.45) is 1.05. The number of hydrogen-bond acceptors (Lipinski definition) is 5. The molecule has 0 heterocycles. The number of rotatable bonds is 6. The van der Waals surface area contributed by atoms with Gasteiger partial charge in [0, 0.05) is 12.5 Å². The molecule has 0 aliphatic rings. The minimum Gasteiger partial charge on any atom is -0.508 e. The second-order valence-corrected chi connectivity index (χ2v) is 3.95. The third kappa shape index (κ3) is 4.44. The number of benzene rings is 1. The number of hydrogen-bond donors (Lipinski definition) is 3. The molecular weight excluding hydrogens is 250 g/mol. The van der Waals surface area contributed by atoms with Crippen LogP contribution >= 0.6 is 0 Å². The Kier molecular flexibility index (Phi) is 5.08. The predicted molar refractivity (Wildman–Crippen MR) is 67.4 cm³/mol. The molecule has 1 atom stereocenters. The molecule has 0 aliphatic heterocycles. The molecule has 0 fully saturated rings. The molecule has 0 aromatic heterocycles. The zero-order valence-electron chi connectivity index (χ0n) is 10.4. The zero-order valence-corrected chi connectivity index (χ0v) is 10.4. The van der Waals surface area contributed by atoms with Crippen LogP contribution in [0.15, 0.2) is 30.9 Å².